The highest BCUT2D eigenvalue weighted by atomic mass is 16.5. The quantitative estimate of drug-likeness (QED) is 0.780. The van der Waals surface area contributed by atoms with Gasteiger partial charge in [-0.05, 0) is 18.8 Å². The van der Waals surface area contributed by atoms with Gasteiger partial charge in [0.25, 0.3) is 0 Å². The average Bonchev–Trinajstić information content (AvgIpc) is 2.65. The normalized spacial score (nSPS) is 15.1. The second-order valence-corrected chi connectivity index (χ2v) is 4.35. The molecule has 0 aliphatic rings. The van der Waals surface area contributed by atoms with E-state index < -0.39 is 0 Å². The first-order chi connectivity index (χ1) is 7.17. The number of nitrogens with zero attached hydrogens (tertiary/aromatic N) is 1. The molecule has 0 saturated heterocycles. The maximum absolute atomic E-state index is 5.52. The van der Waals surface area contributed by atoms with Crippen LogP contribution in [0.3, 0.4) is 0 Å². The molecular formula is C12H22N2O. The number of nitrogen functional groups attached to an aromatic ring is 1. The van der Waals surface area contributed by atoms with E-state index in [1.54, 1.807) is 0 Å². The molecule has 0 aliphatic heterocycles. The molecule has 86 valence electrons. The molecule has 2 unspecified atom stereocenters. The highest BCUT2D eigenvalue weighted by Gasteiger charge is 2.14. The van der Waals surface area contributed by atoms with Gasteiger partial charge in [-0.25, -0.2) is 0 Å². The Morgan fingerprint density at radius 2 is 2.07 bits per heavy atom. The summed E-state index contributed by atoms with van der Waals surface area (Å²) in [7, 11) is 0. The molecule has 0 aromatic carbocycles. The van der Waals surface area contributed by atoms with Crippen LogP contribution >= 0.6 is 0 Å². The molecule has 0 spiro atoms. The van der Waals surface area contributed by atoms with Gasteiger partial charge in [-0.3, -0.25) is 0 Å². The first-order valence-electron chi connectivity index (χ1n) is 5.89. The van der Waals surface area contributed by atoms with Gasteiger partial charge in [-0.1, -0.05) is 38.8 Å². The summed E-state index contributed by atoms with van der Waals surface area (Å²) in [4.78, 5) is 0. The molecule has 2 atom stereocenters. The topological polar surface area (TPSA) is 52.0 Å². The fourth-order valence-corrected chi connectivity index (χ4v) is 1.75. The van der Waals surface area contributed by atoms with Gasteiger partial charge >= 0.3 is 0 Å². The average molecular weight is 210 g/mol. The predicted molar refractivity (Wildman–Crippen MR) is 62.6 cm³/mol. The Hall–Kier alpha value is -0.990. The van der Waals surface area contributed by atoms with Crippen LogP contribution in [0.2, 0.25) is 0 Å². The number of aromatic nitrogens is 1. The zero-order chi connectivity index (χ0) is 11.3. The molecule has 0 amide bonds. The maximum Gasteiger partial charge on any atom is 0.222 e. The fraction of sp³-hybridized carbons (Fsp3) is 0.750. The van der Waals surface area contributed by atoms with Gasteiger partial charge in [0, 0.05) is 12.0 Å². The third kappa shape index (κ3) is 3.57. The van der Waals surface area contributed by atoms with Gasteiger partial charge in [0.05, 0.1) is 5.69 Å². The predicted octanol–water partition coefficient (Wildman–Crippen LogP) is 3.58. The molecule has 3 nitrogen and oxygen atoms in total. The monoisotopic (exact) mass is 210 g/mol. The van der Waals surface area contributed by atoms with Gasteiger partial charge in [-0.15, -0.1) is 0 Å². The summed E-state index contributed by atoms with van der Waals surface area (Å²) in [6, 6.07) is 1.85. The summed E-state index contributed by atoms with van der Waals surface area (Å²) in [5.41, 5.74) is 6.54. The van der Waals surface area contributed by atoms with Crippen LogP contribution in [-0.2, 0) is 0 Å². The third-order valence-electron chi connectivity index (χ3n) is 3.16. The Kier molecular flexibility index (Phi) is 4.66. The first kappa shape index (κ1) is 12.1. The van der Waals surface area contributed by atoms with E-state index in [0.717, 1.165) is 18.0 Å². The molecule has 2 N–H and O–H groups in total. The number of hydrogen-bond acceptors (Lipinski definition) is 3. The summed E-state index contributed by atoms with van der Waals surface area (Å²) in [5.74, 6) is 1.72. The highest BCUT2D eigenvalue weighted by molar-refractivity contribution is 5.26. The Labute approximate surface area is 92.0 Å². The lowest BCUT2D eigenvalue weighted by Gasteiger charge is -2.14. The van der Waals surface area contributed by atoms with Crippen molar-refractivity contribution < 1.29 is 4.52 Å². The van der Waals surface area contributed by atoms with Crippen molar-refractivity contribution in [1.82, 2.24) is 5.16 Å². The van der Waals surface area contributed by atoms with Crippen molar-refractivity contribution in [2.45, 2.75) is 52.4 Å². The summed E-state index contributed by atoms with van der Waals surface area (Å²) in [5, 5.41) is 3.99. The zero-order valence-electron chi connectivity index (χ0n) is 9.99. The lowest BCUT2D eigenvalue weighted by molar-refractivity contribution is 0.400. The number of nitrogens with two attached hydrogens (primary N) is 1. The first-order valence-corrected chi connectivity index (χ1v) is 5.89. The van der Waals surface area contributed by atoms with Gasteiger partial charge in [-0.2, -0.15) is 0 Å². The van der Waals surface area contributed by atoms with Gasteiger partial charge in [0.1, 0.15) is 0 Å². The molecule has 15 heavy (non-hydrogen) atoms. The zero-order valence-corrected chi connectivity index (χ0v) is 9.99. The second kappa shape index (κ2) is 5.79. The van der Waals surface area contributed by atoms with E-state index in [0.29, 0.717) is 11.8 Å². The minimum absolute atomic E-state index is 0.423. The standard InChI is InChI=1S/C12H22N2O/c1-4-9(3)6-7-10(5-2)11-8-12(13)15-14-11/h8-10H,4-7,13H2,1-3H3. The highest BCUT2D eigenvalue weighted by Crippen LogP contribution is 2.27. The Morgan fingerprint density at radius 3 is 2.53 bits per heavy atom. The van der Waals surface area contributed by atoms with E-state index in [1.807, 2.05) is 6.07 Å². The summed E-state index contributed by atoms with van der Waals surface area (Å²) < 4.78 is 4.91. The Morgan fingerprint density at radius 1 is 1.33 bits per heavy atom. The SMILES string of the molecule is CCC(C)CCC(CC)c1cc(N)on1. The van der Waals surface area contributed by atoms with Crippen molar-refractivity contribution in [2.75, 3.05) is 5.73 Å². The van der Waals surface area contributed by atoms with Crippen LogP contribution in [0.15, 0.2) is 10.6 Å². The third-order valence-corrected chi connectivity index (χ3v) is 3.16. The van der Waals surface area contributed by atoms with Crippen molar-refractivity contribution in [2.24, 2.45) is 5.92 Å². The largest absolute Gasteiger partial charge is 0.368 e. The molecule has 1 heterocycles. The van der Waals surface area contributed by atoms with Crippen LogP contribution in [0.1, 0.15) is 58.1 Å². The fourth-order valence-electron chi connectivity index (χ4n) is 1.75. The van der Waals surface area contributed by atoms with Crippen molar-refractivity contribution in [3.8, 4) is 0 Å². The van der Waals surface area contributed by atoms with Crippen LogP contribution in [0, 0.1) is 5.92 Å². The van der Waals surface area contributed by atoms with Crippen molar-refractivity contribution in [3.63, 3.8) is 0 Å². The van der Waals surface area contributed by atoms with Crippen molar-refractivity contribution in [1.29, 1.82) is 0 Å². The van der Waals surface area contributed by atoms with Crippen LogP contribution in [0.5, 0.6) is 0 Å². The van der Waals surface area contributed by atoms with E-state index in [9.17, 15) is 0 Å². The molecular weight excluding hydrogens is 188 g/mol. The number of rotatable bonds is 6. The molecule has 1 rings (SSSR count). The molecule has 0 fully saturated rings. The van der Waals surface area contributed by atoms with Crippen LogP contribution in [-0.4, -0.2) is 5.16 Å². The smallest absolute Gasteiger partial charge is 0.222 e. The van der Waals surface area contributed by atoms with Crippen LogP contribution < -0.4 is 5.73 Å². The van der Waals surface area contributed by atoms with E-state index in [1.165, 1.54) is 19.3 Å². The lowest BCUT2D eigenvalue weighted by Crippen LogP contribution is -2.01. The Balaban J connectivity index is 2.49. The van der Waals surface area contributed by atoms with E-state index >= 15 is 0 Å². The molecule has 1 aromatic heterocycles. The number of hydrogen-bond donors (Lipinski definition) is 1. The molecule has 0 radical (unpaired) electrons. The van der Waals surface area contributed by atoms with Gasteiger partial charge in [0.15, 0.2) is 0 Å². The van der Waals surface area contributed by atoms with Crippen molar-refractivity contribution >= 4 is 5.88 Å². The van der Waals surface area contributed by atoms with E-state index in [-0.39, 0.29) is 0 Å². The van der Waals surface area contributed by atoms with Gasteiger partial charge < -0.3 is 10.3 Å². The lowest BCUT2D eigenvalue weighted by atomic mass is 9.91. The van der Waals surface area contributed by atoms with Gasteiger partial charge in [0.2, 0.25) is 5.88 Å². The Bertz CT molecular complexity index is 283. The molecule has 0 saturated carbocycles. The summed E-state index contributed by atoms with van der Waals surface area (Å²) in [6.07, 6.45) is 4.78. The minimum atomic E-state index is 0.423. The van der Waals surface area contributed by atoms with Crippen LogP contribution in [0.4, 0.5) is 5.88 Å². The second-order valence-electron chi connectivity index (χ2n) is 4.35. The molecule has 3 heteroatoms. The summed E-state index contributed by atoms with van der Waals surface area (Å²) >= 11 is 0. The van der Waals surface area contributed by atoms with E-state index in [2.05, 4.69) is 25.9 Å². The van der Waals surface area contributed by atoms with E-state index in [4.69, 9.17) is 10.3 Å². The maximum atomic E-state index is 5.52. The molecule has 0 bridgehead atoms. The minimum Gasteiger partial charge on any atom is -0.368 e. The van der Waals surface area contributed by atoms with Crippen LogP contribution in [0.25, 0.3) is 0 Å². The van der Waals surface area contributed by atoms with Crippen molar-refractivity contribution in [3.05, 3.63) is 11.8 Å². The molecule has 0 aliphatic carbocycles. The number of anilines is 1. The summed E-state index contributed by atoms with van der Waals surface area (Å²) in [6.45, 7) is 6.72. The molecule has 1 aromatic rings.